The minimum Gasteiger partial charge on any atom is -0.468 e. The number of carbonyl (C=O) groups excluding carboxylic acids is 3. The molecule has 1 aromatic carbocycles. The Morgan fingerprint density at radius 1 is 1.03 bits per heavy atom. The number of nitrogens with one attached hydrogen (secondary N) is 1. The van der Waals surface area contributed by atoms with Crippen LogP contribution in [0.2, 0.25) is 0 Å². The summed E-state index contributed by atoms with van der Waals surface area (Å²) in [5.74, 6) is -2.91. The zero-order valence-electron chi connectivity index (χ0n) is 22.1. The van der Waals surface area contributed by atoms with Gasteiger partial charge in [-0.15, -0.1) is 0 Å². The van der Waals surface area contributed by atoms with Crippen molar-refractivity contribution in [3.63, 3.8) is 0 Å². The van der Waals surface area contributed by atoms with Gasteiger partial charge >= 0.3 is 11.9 Å². The average molecular weight is 495 g/mol. The first kappa shape index (κ1) is 26.0. The average Bonchev–Trinajstić information content (AvgIpc) is 3.11. The molecule has 2 aliphatic carbocycles. The maximum Gasteiger partial charge on any atom is 0.337 e. The molecule has 1 fully saturated rings. The molecule has 0 spiro atoms. The van der Waals surface area contributed by atoms with Gasteiger partial charge in [-0.05, 0) is 62.6 Å². The molecule has 0 amide bonds. The number of ether oxygens (including phenoxy) is 2. The quantitative estimate of drug-likeness (QED) is 0.363. The predicted molar refractivity (Wildman–Crippen MR) is 138 cm³/mol. The van der Waals surface area contributed by atoms with Crippen molar-refractivity contribution in [1.29, 1.82) is 0 Å². The zero-order chi connectivity index (χ0) is 26.0. The van der Waals surface area contributed by atoms with Crippen LogP contribution in [-0.4, -0.2) is 45.0 Å². The molecule has 1 aliphatic heterocycles. The Balaban J connectivity index is 1.77. The van der Waals surface area contributed by atoms with E-state index in [9.17, 15) is 14.4 Å². The fourth-order valence-electron chi connectivity index (χ4n) is 5.82. The Morgan fingerprint density at radius 3 is 2.25 bits per heavy atom. The molecule has 0 radical (unpaired) electrons. The van der Waals surface area contributed by atoms with Crippen LogP contribution >= 0.6 is 0 Å². The fraction of sp³-hybridized carbons (Fsp3) is 0.552. The first-order valence-corrected chi connectivity index (χ1v) is 13.0. The van der Waals surface area contributed by atoms with E-state index in [0.29, 0.717) is 23.3 Å². The summed E-state index contributed by atoms with van der Waals surface area (Å²) in [5.41, 5.74) is 4.24. The monoisotopic (exact) mass is 494 g/mol. The summed E-state index contributed by atoms with van der Waals surface area (Å²) in [4.78, 5) is 42.2. The van der Waals surface area contributed by atoms with Crippen molar-refractivity contribution in [3.05, 3.63) is 52.4 Å². The van der Waals surface area contributed by atoms with E-state index in [1.54, 1.807) is 0 Å². The molecule has 194 valence electrons. The summed E-state index contributed by atoms with van der Waals surface area (Å²) >= 11 is 0. The minimum atomic E-state index is -0.892. The molecule has 4 rings (SSSR count). The number of dihydropyridines is 1. The van der Waals surface area contributed by atoms with E-state index in [-0.39, 0.29) is 23.8 Å². The van der Waals surface area contributed by atoms with Gasteiger partial charge in [0.15, 0.2) is 5.78 Å². The Hall–Kier alpha value is -3.09. The predicted octanol–water partition coefficient (Wildman–Crippen LogP) is 4.63. The van der Waals surface area contributed by atoms with Gasteiger partial charge in [0.05, 0.1) is 12.7 Å². The third kappa shape index (κ3) is 5.06. The largest absolute Gasteiger partial charge is 0.468 e. The van der Waals surface area contributed by atoms with E-state index in [1.165, 1.54) is 7.11 Å². The number of esters is 2. The summed E-state index contributed by atoms with van der Waals surface area (Å²) in [7, 11) is 5.24. The molecule has 3 aliphatic rings. The van der Waals surface area contributed by atoms with Crippen molar-refractivity contribution in [3.8, 4) is 0 Å². The summed E-state index contributed by atoms with van der Waals surface area (Å²) in [6, 6.07) is 7.88. The van der Waals surface area contributed by atoms with E-state index in [2.05, 4.69) is 5.32 Å². The highest BCUT2D eigenvalue weighted by Gasteiger charge is 2.47. The molecule has 0 unspecified atom stereocenters. The number of Topliss-reactive ketones (excluding diaryl/α,β-unsaturated/α-hetero) is 1. The molecule has 1 saturated carbocycles. The number of allylic oxidation sites excluding steroid dienone is 3. The first-order chi connectivity index (χ1) is 17.2. The molecule has 1 N–H and O–H groups in total. The van der Waals surface area contributed by atoms with Crippen molar-refractivity contribution >= 4 is 23.4 Å². The molecule has 36 heavy (non-hydrogen) atoms. The topological polar surface area (TPSA) is 84.9 Å². The van der Waals surface area contributed by atoms with Crippen molar-refractivity contribution in [2.24, 2.45) is 11.8 Å². The van der Waals surface area contributed by atoms with Gasteiger partial charge < -0.3 is 19.7 Å². The number of methoxy groups -OCH3 is 1. The number of hydrogen-bond acceptors (Lipinski definition) is 7. The smallest absolute Gasteiger partial charge is 0.337 e. The maximum absolute atomic E-state index is 13.9. The zero-order valence-corrected chi connectivity index (χ0v) is 22.1. The molecule has 7 nitrogen and oxygen atoms in total. The standard InChI is InChI=1S/C29H38N2O5/c1-17-16-22-26(27(32)23(17)28(33)35-5)25(19-12-14-20(15-13-19)31(3)4)24(18(2)30-22)29(34)36-21-10-8-6-7-9-11-21/h12-15,17,21,23,25,30H,6-11,16H2,1-5H3/t17-,23+,25+/m0/s1. The number of benzene rings is 1. The summed E-state index contributed by atoms with van der Waals surface area (Å²) < 4.78 is 11.0. The number of anilines is 1. The first-order valence-electron chi connectivity index (χ1n) is 13.0. The Labute approximate surface area is 213 Å². The summed E-state index contributed by atoms with van der Waals surface area (Å²) in [5, 5.41) is 3.34. The molecule has 0 bridgehead atoms. The SMILES string of the molecule is COC(=O)[C@H]1C(=O)C2=C(C[C@@H]1C)NC(C)=C(C(=O)OC1CCCCCC1)[C@H]2c1ccc(N(C)C)cc1. The van der Waals surface area contributed by atoms with Crippen LogP contribution in [-0.2, 0) is 23.9 Å². The number of nitrogens with zero attached hydrogens (tertiary/aromatic N) is 1. The van der Waals surface area contributed by atoms with Crippen LogP contribution in [0.25, 0.3) is 0 Å². The van der Waals surface area contributed by atoms with Crippen molar-refractivity contribution in [2.75, 3.05) is 26.1 Å². The van der Waals surface area contributed by atoms with Gasteiger partial charge in [0.1, 0.15) is 12.0 Å². The van der Waals surface area contributed by atoms with E-state index < -0.39 is 17.8 Å². The number of rotatable bonds is 5. The lowest BCUT2D eigenvalue weighted by Gasteiger charge is -2.38. The van der Waals surface area contributed by atoms with Gasteiger partial charge in [0.25, 0.3) is 0 Å². The van der Waals surface area contributed by atoms with E-state index in [4.69, 9.17) is 9.47 Å². The molecular weight excluding hydrogens is 456 g/mol. The lowest BCUT2D eigenvalue weighted by Crippen LogP contribution is -2.43. The van der Waals surface area contributed by atoms with Crippen molar-refractivity contribution in [1.82, 2.24) is 5.32 Å². The van der Waals surface area contributed by atoms with E-state index in [1.807, 2.05) is 57.1 Å². The van der Waals surface area contributed by atoms with Crippen LogP contribution in [0.1, 0.15) is 70.3 Å². The van der Waals surface area contributed by atoms with Crippen molar-refractivity contribution < 1.29 is 23.9 Å². The summed E-state index contributed by atoms with van der Waals surface area (Å²) in [6.07, 6.45) is 6.57. The number of carbonyl (C=O) groups is 3. The van der Waals surface area contributed by atoms with Gasteiger partial charge in [-0.3, -0.25) is 9.59 Å². The third-order valence-corrected chi connectivity index (χ3v) is 7.78. The molecule has 0 aromatic heterocycles. The second kappa shape index (κ2) is 10.9. The Morgan fingerprint density at radius 2 is 1.67 bits per heavy atom. The van der Waals surface area contributed by atoms with Gasteiger partial charge in [-0.2, -0.15) is 0 Å². The van der Waals surface area contributed by atoms with E-state index in [0.717, 1.165) is 55.5 Å². The number of hydrogen-bond donors (Lipinski definition) is 1. The van der Waals surface area contributed by atoms with Crippen LogP contribution in [0.5, 0.6) is 0 Å². The normalized spacial score (nSPS) is 25.0. The number of ketones is 1. The fourth-order valence-corrected chi connectivity index (χ4v) is 5.82. The molecular formula is C29H38N2O5. The highest BCUT2D eigenvalue weighted by Crippen LogP contribution is 2.46. The highest BCUT2D eigenvalue weighted by atomic mass is 16.5. The minimum absolute atomic E-state index is 0.114. The van der Waals surface area contributed by atoms with Crippen LogP contribution < -0.4 is 10.2 Å². The Kier molecular flexibility index (Phi) is 7.86. The molecule has 0 saturated heterocycles. The van der Waals surface area contributed by atoms with Gasteiger partial charge in [0, 0.05) is 42.7 Å². The molecule has 1 heterocycles. The van der Waals surface area contributed by atoms with Gasteiger partial charge in [0.2, 0.25) is 0 Å². The molecule has 3 atom stereocenters. The second-order valence-corrected chi connectivity index (χ2v) is 10.5. The maximum atomic E-state index is 13.9. The highest BCUT2D eigenvalue weighted by molar-refractivity contribution is 6.12. The van der Waals surface area contributed by atoms with Crippen LogP contribution in [0.4, 0.5) is 5.69 Å². The lowest BCUT2D eigenvalue weighted by molar-refractivity contribution is -0.151. The van der Waals surface area contributed by atoms with Crippen LogP contribution in [0.3, 0.4) is 0 Å². The summed E-state index contributed by atoms with van der Waals surface area (Å²) in [6.45, 7) is 3.76. The van der Waals surface area contributed by atoms with Crippen molar-refractivity contribution in [2.45, 2.75) is 70.8 Å². The third-order valence-electron chi connectivity index (χ3n) is 7.78. The Bertz CT molecular complexity index is 1080. The van der Waals surface area contributed by atoms with Gasteiger partial charge in [-0.1, -0.05) is 31.9 Å². The second-order valence-electron chi connectivity index (χ2n) is 10.5. The van der Waals surface area contributed by atoms with Gasteiger partial charge in [-0.25, -0.2) is 4.79 Å². The van der Waals surface area contributed by atoms with Crippen LogP contribution in [0.15, 0.2) is 46.8 Å². The van der Waals surface area contributed by atoms with E-state index >= 15 is 0 Å². The lowest BCUT2D eigenvalue weighted by atomic mass is 9.69. The van der Waals surface area contributed by atoms with Crippen LogP contribution in [0, 0.1) is 11.8 Å². The molecule has 7 heteroatoms. The molecule has 1 aromatic rings.